The first-order valence-electron chi connectivity index (χ1n) is 7.31. The van der Waals surface area contributed by atoms with Crippen LogP contribution in [0.3, 0.4) is 0 Å². The molecule has 2 rings (SSSR count). The van der Waals surface area contributed by atoms with Crippen LogP contribution in [-0.4, -0.2) is 38.3 Å². The van der Waals surface area contributed by atoms with Crippen molar-refractivity contribution in [2.45, 2.75) is 32.9 Å². The van der Waals surface area contributed by atoms with E-state index in [4.69, 9.17) is 9.15 Å². The SMILES string of the molecule is CCCNCc1ccc(CN2CCC(COC)C2)o1. The van der Waals surface area contributed by atoms with E-state index in [1.54, 1.807) is 7.11 Å². The topological polar surface area (TPSA) is 37.6 Å². The molecule has 19 heavy (non-hydrogen) atoms. The van der Waals surface area contributed by atoms with Crippen LogP contribution in [0.5, 0.6) is 0 Å². The summed E-state index contributed by atoms with van der Waals surface area (Å²) in [5.41, 5.74) is 0. The summed E-state index contributed by atoms with van der Waals surface area (Å²) in [7, 11) is 1.78. The van der Waals surface area contributed by atoms with Gasteiger partial charge in [-0.2, -0.15) is 0 Å². The lowest BCUT2D eigenvalue weighted by atomic mass is 10.1. The summed E-state index contributed by atoms with van der Waals surface area (Å²) < 4.78 is 11.1. The van der Waals surface area contributed by atoms with Crippen molar-refractivity contribution >= 4 is 0 Å². The number of rotatable bonds is 8. The van der Waals surface area contributed by atoms with Gasteiger partial charge in [0.1, 0.15) is 11.5 Å². The molecule has 0 spiro atoms. The first-order chi connectivity index (χ1) is 9.31. The van der Waals surface area contributed by atoms with Crippen molar-refractivity contribution in [3.05, 3.63) is 23.7 Å². The van der Waals surface area contributed by atoms with Gasteiger partial charge in [0.2, 0.25) is 0 Å². The van der Waals surface area contributed by atoms with E-state index in [-0.39, 0.29) is 0 Å². The van der Waals surface area contributed by atoms with Crippen molar-refractivity contribution < 1.29 is 9.15 Å². The first-order valence-corrected chi connectivity index (χ1v) is 7.31. The Morgan fingerprint density at radius 2 is 2.26 bits per heavy atom. The number of nitrogens with zero attached hydrogens (tertiary/aromatic N) is 1. The molecule has 0 amide bonds. The Bertz CT molecular complexity index is 365. The molecule has 1 aromatic heterocycles. The van der Waals surface area contributed by atoms with Gasteiger partial charge in [0, 0.05) is 13.7 Å². The molecule has 0 bridgehead atoms. The lowest BCUT2D eigenvalue weighted by molar-refractivity contribution is 0.151. The fourth-order valence-electron chi connectivity index (χ4n) is 2.64. The zero-order valence-electron chi connectivity index (χ0n) is 12.2. The second-order valence-electron chi connectivity index (χ2n) is 5.39. The second kappa shape index (κ2) is 7.68. The highest BCUT2D eigenvalue weighted by Crippen LogP contribution is 2.19. The van der Waals surface area contributed by atoms with Crippen LogP contribution in [0.15, 0.2) is 16.5 Å². The quantitative estimate of drug-likeness (QED) is 0.732. The van der Waals surface area contributed by atoms with Gasteiger partial charge in [-0.1, -0.05) is 6.92 Å². The van der Waals surface area contributed by atoms with Gasteiger partial charge in [0.15, 0.2) is 0 Å². The molecular formula is C15H26N2O2. The zero-order chi connectivity index (χ0) is 13.5. The molecule has 4 nitrogen and oxygen atoms in total. The van der Waals surface area contributed by atoms with E-state index in [1.165, 1.54) is 6.42 Å². The van der Waals surface area contributed by atoms with Crippen molar-refractivity contribution in [2.24, 2.45) is 5.92 Å². The summed E-state index contributed by atoms with van der Waals surface area (Å²) >= 11 is 0. The third-order valence-electron chi connectivity index (χ3n) is 3.60. The lowest BCUT2D eigenvalue weighted by Gasteiger charge is -2.14. The van der Waals surface area contributed by atoms with E-state index in [0.717, 1.165) is 57.3 Å². The van der Waals surface area contributed by atoms with Gasteiger partial charge < -0.3 is 14.5 Å². The Hall–Kier alpha value is -0.840. The van der Waals surface area contributed by atoms with E-state index in [0.29, 0.717) is 5.92 Å². The predicted octanol–water partition coefficient (Wildman–Crippen LogP) is 2.25. The molecule has 1 unspecified atom stereocenters. The minimum absolute atomic E-state index is 0.686. The summed E-state index contributed by atoms with van der Waals surface area (Å²) in [6.07, 6.45) is 2.39. The molecule has 1 fully saturated rings. The minimum atomic E-state index is 0.686. The first kappa shape index (κ1) is 14.6. The van der Waals surface area contributed by atoms with Gasteiger partial charge in [-0.3, -0.25) is 4.90 Å². The highest BCUT2D eigenvalue weighted by molar-refractivity contribution is 5.07. The van der Waals surface area contributed by atoms with Gasteiger partial charge >= 0.3 is 0 Å². The number of hydrogen-bond acceptors (Lipinski definition) is 4. The van der Waals surface area contributed by atoms with Crippen LogP contribution in [-0.2, 0) is 17.8 Å². The Morgan fingerprint density at radius 3 is 3.05 bits per heavy atom. The molecule has 0 saturated carbocycles. The Balaban J connectivity index is 1.74. The predicted molar refractivity (Wildman–Crippen MR) is 76.0 cm³/mol. The normalized spacial score (nSPS) is 20.2. The summed E-state index contributed by atoms with van der Waals surface area (Å²) in [4.78, 5) is 2.45. The molecule has 2 heterocycles. The fraction of sp³-hybridized carbons (Fsp3) is 0.733. The molecule has 4 heteroatoms. The van der Waals surface area contributed by atoms with E-state index >= 15 is 0 Å². The van der Waals surface area contributed by atoms with Crippen molar-refractivity contribution in [3.8, 4) is 0 Å². The molecule has 1 saturated heterocycles. The van der Waals surface area contributed by atoms with Crippen molar-refractivity contribution in [1.82, 2.24) is 10.2 Å². The molecule has 0 aliphatic carbocycles. The van der Waals surface area contributed by atoms with Gasteiger partial charge in [-0.05, 0) is 44.0 Å². The number of methoxy groups -OCH3 is 1. The molecule has 0 radical (unpaired) electrons. The van der Waals surface area contributed by atoms with Crippen LogP contribution in [0.25, 0.3) is 0 Å². The van der Waals surface area contributed by atoms with Crippen LogP contribution in [0.2, 0.25) is 0 Å². The van der Waals surface area contributed by atoms with E-state index in [1.807, 2.05) is 0 Å². The van der Waals surface area contributed by atoms with Gasteiger partial charge in [0.05, 0.1) is 19.7 Å². The monoisotopic (exact) mass is 266 g/mol. The summed E-state index contributed by atoms with van der Waals surface area (Å²) in [5, 5.41) is 3.36. The van der Waals surface area contributed by atoms with Crippen LogP contribution >= 0.6 is 0 Å². The van der Waals surface area contributed by atoms with Crippen molar-refractivity contribution in [2.75, 3.05) is 33.4 Å². The molecule has 1 aliphatic rings. The van der Waals surface area contributed by atoms with Crippen LogP contribution in [0.4, 0.5) is 0 Å². The molecule has 1 aliphatic heterocycles. The average Bonchev–Trinajstić information content (AvgIpc) is 3.01. The summed E-state index contributed by atoms with van der Waals surface area (Å²) in [6.45, 7) is 8.12. The maximum Gasteiger partial charge on any atom is 0.118 e. The van der Waals surface area contributed by atoms with Crippen LogP contribution in [0.1, 0.15) is 31.3 Å². The molecule has 108 valence electrons. The summed E-state index contributed by atoms with van der Waals surface area (Å²) in [5.74, 6) is 2.80. The number of likely N-dealkylation sites (tertiary alicyclic amines) is 1. The van der Waals surface area contributed by atoms with Crippen molar-refractivity contribution in [3.63, 3.8) is 0 Å². The number of ether oxygens (including phenoxy) is 1. The van der Waals surface area contributed by atoms with E-state index in [2.05, 4.69) is 29.3 Å². The lowest BCUT2D eigenvalue weighted by Crippen LogP contribution is -2.21. The fourth-order valence-corrected chi connectivity index (χ4v) is 2.64. The number of nitrogens with one attached hydrogen (secondary N) is 1. The molecule has 1 N–H and O–H groups in total. The van der Waals surface area contributed by atoms with Crippen LogP contribution in [0, 0.1) is 5.92 Å². The number of hydrogen-bond donors (Lipinski definition) is 1. The smallest absolute Gasteiger partial charge is 0.118 e. The van der Waals surface area contributed by atoms with E-state index < -0.39 is 0 Å². The van der Waals surface area contributed by atoms with Gasteiger partial charge in [0.25, 0.3) is 0 Å². The highest BCUT2D eigenvalue weighted by atomic mass is 16.5. The maximum atomic E-state index is 5.85. The Kier molecular flexibility index (Phi) is 5.89. The maximum absolute atomic E-state index is 5.85. The zero-order valence-corrected chi connectivity index (χ0v) is 12.2. The molecule has 0 aromatic carbocycles. The third kappa shape index (κ3) is 4.64. The third-order valence-corrected chi connectivity index (χ3v) is 3.60. The standard InChI is InChI=1S/C15H26N2O2/c1-3-7-16-9-14-4-5-15(19-14)11-17-8-6-13(10-17)12-18-2/h4-5,13,16H,3,6-12H2,1-2H3. The molecular weight excluding hydrogens is 240 g/mol. The van der Waals surface area contributed by atoms with E-state index in [9.17, 15) is 0 Å². The average molecular weight is 266 g/mol. The Labute approximate surface area is 116 Å². The summed E-state index contributed by atoms with van der Waals surface area (Å²) in [6, 6.07) is 4.19. The second-order valence-corrected chi connectivity index (χ2v) is 5.39. The largest absolute Gasteiger partial charge is 0.463 e. The minimum Gasteiger partial charge on any atom is -0.463 e. The molecule has 1 atom stereocenters. The van der Waals surface area contributed by atoms with Gasteiger partial charge in [-0.15, -0.1) is 0 Å². The number of furan rings is 1. The van der Waals surface area contributed by atoms with Gasteiger partial charge in [-0.25, -0.2) is 0 Å². The molecule has 1 aromatic rings. The highest BCUT2D eigenvalue weighted by Gasteiger charge is 2.22. The Morgan fingerprint density at radius 1 is 1.42 bits per heavy atom. The van der Waals surface area contributed by atoms with Crippen molar-refractivity contribution in [1.29, 1.82) is 0 Å². The van der Waals surface area contributed by atoms with Crippen LogP contribution < -0.4 is 5.32 Å².